The minimum absolute atomic E-state index is 0.194. The van der Waals surface area contributed by atoms with Crippen molar-refractivity contribution in [3.8, 4) is 0 Å². The number of rotatable bonds is 8. The fourth-order valence-electron chi connectivity index (χ4n) is 6.68. The smallest absolute Gasteiger partial charge is 0.0428 e. The van der Waals surface area contributed by atoms with Crippen LogP contribution in [0.3, 0.4) is 0 Å². The van der Waals surface area contributed by atoms with E-state index in [4.69, 9.17) is 0 Å². The molecule has 5 aromatic rings. The van der Waals surface area contributed by atoms with Gasteiger partial charge in [0.25, 0.3) is 0 Å². The van der Waals surface area contributed by atoms with Crippen molar-refractivity contribution in [1.29, 1.82) is 0 Å². The number of hydrogen-bond acceptors (Lipinski definition) is 1. The van der Waals surface area contributed by atoms with Crippen LogP contribution in [0.5, 0.6) is 0 Å². The van der Waals surface area contributed by atoms with Crippen LogP contribution in [0.2, 0.25) is 0 Å². The third kappa shape index (κ3) is 7.68. The van der Waals surface area contributed by atoms with Gasteiger partial charge in [0.2, 0.25) is 0 Å². The average molecular weight is 640 g/mol. The van der Waals surface area contributed by atoms with Crippen molar-refractivity contribution in [2.45, 2.75) is 48.1 Å². The van der Waals surface area contributed by atoms with Gasteiger partial charge in [0, 0.05) is 23.7 Å². The molecule has 1 aliphatic rings. The molecule has 0 amide bonds. The van der Waals surface area contributed by atoms with Crippen LogP contribution < -0.4 is 15.8 Å². The van der Waals surface area contributed by atoms with E-state index in [1.807, 2.05) is 19.9 Å². The molecule has 6 rings (SSSR count). The quantitative estimate of drug-likeness (QED) is 0.167. The monoisotopic (exact) mass is 639 g/mol. The van der Waals surface area contributed by atoms with E-state index in [0.29, 0.717) is 0 Å². The van der Waals surface area contributed by atoms with Crippen LogP contribution in [-0.2, 0) is 6.54 Å². The first-order valence-corrected chi connectivity index (χ1v) is 17.5. The highest BCUT2D eigenvalue weighted by molar-refractivity contribution is 5.95. The summed E-state index contributed by atoms with van der Waals surface area (Å²) in [6, 6.07) is 36.9. The van der Waals surface area contributed by atoms with Crippen molar-refractivity contribution in [3.05, 3.63) is 190 Å². The largest absolute Gasteiger partial charge is 0.380 e. The number of allylic oxidation sites excluding steroid dienone is 6. The van der Waals surface area contributed by atoms with Gasteiger partial charge in [-0.3, -0.25) is 0 Å². The molecule has 5 aromatic carbocycles. The summed E-state index contributed by atoms with van der Waals surface area (Å²) in [5.41, 5.74) is 13.1. The highest BCUT2D eigenvalue weighted by atomic mass is 14.9. The first-order valence-electron chi connectivity index (χ1n) is 17.5. The second-order valence-corrected chi connectivity index (χ2v) is 12.4. The van der Waals surface area contributed by atoms with Gasteiger partial charge in [0.1, 0.15) is 0 Å². The molecule has 1 heterocycles. The molecule has 1 nitrogen and oxygen atoms in total. The zero-order chi connectivity index (χ0) is 34.9. The molecule has 0 radical (unpaired) electrons. The Hall–Kier alpha value is -5.40. The lowest BCUT2D eigenvalue weighted by atomic mass is 9.84. The highest BCUT2D eigenvalue weighted by Crippen LogP contribution is 2.37. The maximum Gasteiger partial charge on any atom is 0.0428 e. The van der Waals surface area contributed by atoms with Gasteiger partial charge < -0.3 is 5.32 Å². The summed E-state index contributed by atoms with van der Waals surface area (Å²) in [6.45, 7) is 22.3. The molecule has 1 N–H and O–H groups in total. The van der Waals surface area contributed by atoms with E-state index < -0.39 is 0 Å². The van der Waals surface area contributed by atoms with Crippen molar-refractivity contribution >= 4 is 45.7 Å². The summed E-state index contributed by atoms with van der Waals surface area (Å²) in [7, 11) is 0. The number of hydrogen-bond donors (Lipinski definition) is 1. The molecule has 49 heavy (non-hydrogen) atoms. The second-order valence-electron chi connectivity index (χ2n) is 12.4. The van der Waals surface area contributed by atoms with Gasteiger partial charge in [-0.25, -0.2) is 0 Å². The van der Waals surface area contributed by atoms with Crippen LogP contribution in [0, 0.1) is 19.8 Å². The van der Waals surface area contributed by atoms with Gasteiger partial charge in [-0.05, 0) is 110 Å². The lowest BCUT2D eigenvalue weighted by molar-refractivity contribution is 0.827. The first kappa shape index (κ1) is 34.9. The van der Waals surface area contributed by atoms with Gasteiger partial charge >= 0.3 is 0 Å². The zero-order valence-electron chi connectivity index (χ0n) is 30.0. The van der Waals surface area contributed by atoms with Crippen molar-refractivity contribution < 1.29 is 0 Å². The van der Waals surface area contributed by atoms with Gasteiger partial charge in [0.15, 0.2) is 0 Å². The molecular formula is C48H49N. The summed E-state index contributed by atoms with van der Waals surface area (Å²) >= 11 is 0. The molecule has 0 fully saturated rings. The SMILES string of the molecule is C=C/C=C(\c1ccc(/C(=C\C(=C)c2ccc3ccccc3c2)C2=Cc3ccccc3CN2)c(C)c1C)C(C)/C=c1/cccc/c1=C/C.CC. The zero-order valence-corrected chi connectivity index (χ0v) is 30.0. The van der Waals surface area contributed by atoms with E-state index in [1.54, 1.807) is 0 Å². The molecule has 0 aromatic heterocycles. The van der Waals surface area contributed by atoms with Crippen LogP contribution in [0.4, 0.5) is 0 Å². The van der Waals surface area contributed by atoms with E-state index >= 15 is 0 Å². The maximum absolute atomic E-state index is 4.58. The predicted octanol–water partition coefficient (Wildman–Crippen LogP) is 11.2. The summed E-state index contributed by atoms with van der Waals surface area (Å²) in [5, 5.41) is 8.68. The molecule has 1 aliphatic heterocycles. The molecular weight excluding hydrogens is 591 g/mol. The topological polar surface area (TPSA) is 12.0 Å². The average Bonchev–Trinajstić information content (AvgIpc) is 3.15. The Balaban J connectivity index is 0.00000230. The van der Waals surface area contributed by atoms with Crippen LogP contribution >= 0.6 is 0 Å². The molecule has 1 unspecified atom stereocenters. The molecule has 1 heteroatoms. The Kier molecular flexibility index (Phi) is 11.5. The van der Waals surface area contributed by atoms with E-state index in [1.165, 1.54) is 60.2 Å². The number of nitrogens with one attached hydrogen (secondary N) is 1. The summed E-state index contributed by atoms with van der Waals surface area (Å²) in [6.07, 6.45) is 13.2. The highest BCUT2D eigenvalue weighted by Gasteiger charge is 2.20. The lowest BCUT2D eigenvalue weighted by Crippen LogP contribution is -2.24. The lowest BCUT2D eigenvalue weighted by Gasteiger charge is -2.25. The molecule has 0 spiro atoms. The van der Waals surface area contributed by atoms with Crippen molar-refractivity contribution in [2.75, 3.05) is 0 Å². The minimum Gasteiger partial charge on any atom is -0.380 e. The van der Waals surface area contributed by atoms with Gasteiger partial charge in [0.05, 0.1) is 0 Å². The van der Waals surface area contributed by atoms with E-state index in [2.05, 4.69) is 180 Å². The third-order valence-electron chi connectivity index (χ3n) is 9.47. The normalized spacial score (nSPS) is 14.3. The molecule has 0 bridgehead atoms. The summed E-state index contributed by atoms with van der Waals surface area (Å²) in [5.74, 6) is 0.194. The maximum atomic E-state index is 4.58. The van der Waals surface area contributed by atoms with Crippen LogP contribution in [-0.4, -0.2) is 0 Å². The summed E-state index contributed by atoms with van der Waals surface area (Å²) < 4.78 is 0. The van der Waals surface area contributed by atoms with E-state index in [-0.39, 0.29) is 5.92 Å². The van der Waals surface area contributed by atoms with Crippen LogP contribution in [0.15, 0.2) is 140 Å². The fraction of sp³-hybridized carbons (Fsp3) is 0.167. The first-order chi connectivity index (χ1) is 23.9. The molecule has 0 saturated heterocycles. The van der Waals surface area contributed by atoms with E-state index in [0.717, 1.165) is 29.0 Å². The van der Waals surface area contributed by atoms with Crippen LogP contribution in [0.1, 0.15) is 66.6 Å². The molecule has 0 aliphatic carbocycles. The number of fused-ring (bicyclic) bond motifs is 2. The van der Waals surface area contributed by atoms with Gasteiger partial charge in [-0.2, -0.15) is 0 Å². The Morgan fingerprint density at radius 1 is 0.776 bits per heavy atom. The fourth-order valence-corrected chi connectivity index (χ4v) is 6.68. The Morgan fingerprint density at radius 2 is 1.43 bits per heavy atom. The number of benzene rings is 5. The van der Waals surface area contributed by atoms with E-state index in [9.17, 15) is 0 Å². The predicted molar refractivity (Wildman–Crippen MR) is 217 cm³/mol. The second kappa shape index (κ2) is 16.1. The molecule has 0 saturated carbocycles. The molecule has 246 valence electrons. The summed E-state index contributed by atoms with van der Waals surface area (Å²) in [4.78, 5) is 0. The standard InChI is InChI=1S/C46H43N.C2H6/c1-7-15-42(32(4)26-38-18-11-9-16-35(38)8-2)43-24-25-44(34(6)33(43)5)45(46-29-40-20-13-14-21-41(40)30-47-46)27-31(3)37-23-22-36-17-10-12-19-39(36)28-37;1-2/h7-29,32,47H,1,3,30H2,2,4-6H3;1-2H3/b35-8-,38-26-,42-15-,45-27+;. The van der Waals surface area contributed by atoms with Crippen LogP contribution in [0.25, 0.3) is 45.7 Å². The Morgan fingerprint density at radius 3 is 2.18 bits per heavy atom. The Labute approximate surface area is 293 Å². The molecule has 1 atom stereocenters. The van der Waals surface area contributed by atoms with Gasteiger partial charge in [-0.1, -0.05) is 155 Å². The van der Waals surface area contributed by atoms with Crippen molar-refractivity contribution in [2.24, 2.45) is 5.92 Å². The minimum atomic E-state index is 0.194. The third-order valence-corrected chi connectivity index (χ3v) is 9.47. The van der Waals surface area contributed by atoms with Crippen molar-refractivity contribution in [1.82, 2.24) is 5.32 Å². The van der Waals surface area contributed by atoms with Crippen molar-refractivity contribution in [3.63, 3.8) is 0 Å². The Bertz CT molecular complexity index is 2220. The van der Waals surface area contributed by atoms with Gasteiger partial charge in [-0.15, -0.1) is 0 Å².